The van der Waals surface area contributed by atoms with Crippen LogP contribution in [0.4, 0.5) is 22.1 Å². The van der Waals surface area contributed by atoms with E-state index in [2.05, 4.69) is 29.5 Å². The molecule has 0 aliphatic carbocycles. The SMILES string of the molecule is CCOC(=O)Nc1ccc(NCc2c(C)cc(OCc3ccccc3)cc2C)nc1N. The van der Waals surface area contributed by atoms with E-state index in [-0.39, 0.29) is 12.4 Å². The average Bonchev–Trinajstić information content (AvgIpc) is 2.74. The number of benzene rings is 2. The standard InChI is InChI=1S/C24H28N4O3/c1-4-30-24(29)27-21-10-11-22(28-23(21)25)26-14-20-16(2)12-19(13-17(20)3)31-15-18-8-6-5-7-9-18/h5-13H,4,14-15H2,1-3H3,(H,27,29)(H3,25,26,28). The van der Waals surface area contributed by atoms with Gasteiger partial charge >= 0.3 is 6.09 Å². The van der Waals surface area contributed by atoms with Gasteiger partial charge in [-0.2, -0.15) is 0 Å². The summed E-state index contributed by atoms with van der Waals surface area (Å²) < 4.78 is 10.8. The van der Waals surface area contributed by atoms with Gasteiger partial charge in [-0.05, 0) is 67.3 Å². The maximum Gasteiger partial charge on any atom is 0.411 e. The summed E-state index contributed by atoms with van der Waals surface area (Å²) in [5.41, 5.74) is 10.9. The molecule has 0 unspecified atom stereocenters. The molecule has 0 aliphatic heterocycles. The van der Waals surface area contributed by atoms with Crippen LogP contribution in [0.3, 0.4) is 0 Å². The van der Waals surface area contributed by atoms with Crippen LogP contribution in [0.2, 0.25) is 0 Å². The molecule has 4 N–H and O–H groups in total. The van der Waals surface area contributed by atoms with Gasteiger partial charge in [-0.3, -0.25) is 5.32 Å². The third-order valence-electron chi connectivity index (χ3n) is 4.80. The van der Waals surface area contributed by atoms with E-state index < -0.39 is 6.09 Å². The number of ether oxygens (including phenoxy) is 2. The zero-order chi connectivity index (χ0) is 22.2. The summed E-state index contributed by atoms with van der Waals surface area (Å²) in [7, 11) is 0. The number of hydrogen-bond donors (Lipinski definition) is 3. The quantitative estimate of drug-likeness (QED) is 0.472. The fraction of sp³-hybridized carbons (Fsp3) is 0.250. The first kappa shape index (κ1) is 22.0. The van der Waals surface area contributed by atoms with Crippen LogP contribution in [0.15, 0.2) is 54.6 Å². The van der Waals surface area contributed by atoms with Crippen LogP contribution in [-0.2, 0) is 17.9 Å². The molecule has 3 rings (SSSR count). The van der Waals surface area contributed by atoms with Crippen LogP contribution >= 0.6 is 0 Å². The van der Waals surface area contributed by atoms with Crippen molar-refractivity contribution >= 4 is 23.4 Å². The van der Waals surface area contributed by atoms with Crippen molar-refractivity contribution in [3.63, 3.8) is 0 Å². The molecule has 0 radical (unpaired) electrons. The summed E-state index contributed by atoms with van der Waals surface area (Å²) in [5.74, 6) is 1.69. The highest BCUT2D eigenvalue weighted by Gasteiger charge is 2.10. The van der Waals surface area contributed by atoms with Gasteiger partial charge in [0.25, 0.3) is 0 Å². The molecule has 2 aromatic carbocycles. The van der Waals surface area contributed by atoms with Crippen molar-refractivity contribution in [1.82, 2.24) is 4.98 Å². The first-order chi connectivity index (χ1) is 15.0. The third kappa shape index (κ3) is 6.12. The minimum Gasteiger partial charge on any atom is -0.489 e. The van der Waals surface area contributed by atoms with Gasteiger partial charge in [0.1, 0.15) is 24.0 Å². The Labute approximate surface area is 182 Å². The van der Waals surface area contributed by atoms with Crippen LogP contribution in [0.25, 0.3) is 0 Å². The van der Waals surface area contributed by atoms with Crippen LogP contribution in [-0.4, -0.2) is 17.7 Å². The van der Waals surface area contributed by atoms with Crippen molar-refractivity contribution in [2.75, 3.05) is 23.0 Å². The molecule has 1 aromatic heterocycles. The lowest BCUT2D eigenvalue weighted by Crippen LogP contribution is -2.15. The normalized spacial score (nSPS) is 10.4. The molecule has 1 amide bonds. The molecule has 0 saturated heterocycles. The number of rotatable bonds is 8. The molecule has 7 nitrogen and oxygen atoms in total. The number of hydrogen-bond acceptors (Lipinski definition) is 6. The largest absolute Gasteiger partial charge is 0.489 e. The monoisotopic (exact) mass is 420 g/mol. The number of pyridine rings is 1. The van der Waals surface area contributed by atoms with Gasteiger partial charge in [-0.25, -0.2) is 9.78 Å². The van der Waals surface area contributed by atoms with Crippen molar-refractivity contribution in [3.05, 3.63) is 76.9 Å². The number of aromatic nitrogens is 1. The number of anilines is 3. The molecule has 3 aromatic rings. The fourth-order valence-corrected chi connectivity index (χ4v) is 3.19. The Morgan fingerprint density at radius 2 is 1.77 bits per heavy atom. The summed E-state index contributed by atoms with van der Waals surface area (Å²) in [6.07, 6.45) is -0.558. The Bertz CT molecular complexity index is 1020. The predicted octanol–water partition coefficient (Wildman–Crippen LogP) is 5.04. The van der Waals surface area contributed by atoms with Gasteiger partial charge in [0.05, 0.1) is 12.3 Å². The smallest absolute Gasteiger partial charge is 0.411 e. The number of carbonyl (C=O) groups is 1. The molecule has 7 heteroatoms. The van der Waals surface area contributed by atoms with Gasteiger partial charge in [-0.1, -0.05) is 30.3 Å². The number of nitrogens with one attached hydrogen (secondary N) is 2. The molecule has 0 aliphatic rings. The number of nitrogens with zero attached hydrogens (tertiary/aromatic N) is 1. The Hall–Kier alpha value is -3.74. The van der Waals surface area contributed by atoms with Crippen LogP contribution < -0.4 is 21.1 Å². The molecule has 0 atom stereocenters. The Balaban J connectivity index is 1.62. The van der Waals surface area contributed by atoms with Gasteiger partial charge in [0, 0.05) is 6.54 Å². The van der Waals surface area contributed by atoms with Crippen molar-refractivity contribution < 1.29 is 14.3 Å². The second kappa shape index (κ2) is 10.3. The van der Waals surface area contributed by atoms with E-state index in [0.29, 0.717) is 24.7 Å². The van der Waals surface area contributed by atoms with Crippen LogP contribution in [0, 0.1) is 13.8 Å². The first-order valence-corrected chi connectivity index (χ1v) is 10.2. The minimum atomic E-state index is -0.558. The van der Waals surface area contributed by atoms with Gasteiger partial charge in [-0.15, -0.1) is 0 Å². The van der Waals surface area contributed by atoms with E-state index in [0.717, 1.165) is 22.4 Å². The number of aryl methyl sites for hydroxylation is 2. The van der Waals surface area contributed by atoms with E-state index in [1.54, 1.807) is 19.1 Å². The second-order valence-electron chi connectivity index (χ2n) is 7.14. The van der Waals surface area contributed by atoms with Crippen molar-refractivity contribution in [2.45, 2.75) is 33.9 Å². The third-order valence-corrected chi connectivity index (χ3v) is 4.80. The highest BCUT2D eigenvalue weighted by molar-refractivity contribution is 5.88. The molecule has 0 fully saturated rings. The molecule has 162 valence electrons. The molecule has 0 spiro atoms. The van der Waals surface area contributed by atoms with Gasteiger partial charge < -0.3 is 20.5 Å². The summed E-state index contributed by atoms with van der Waals surface area (Å²) in [4.78, 5) is 15.9. The lowest BCUT2D eigenvalue weighted by atomic mass is 10.0. The minimum absolute atomic E-state index is 0.219. The predicted molar refractivity (Wildman–Crippen MR) is 123 cm³/mol. The van der Waals surface area contributed by atoms with Crippen molar-refractivity contribution in [2.24, 2.45) is 0 Å². The summed E-state index contributed by atoms with van der Waals surface area (Å²) in [6, 6.07) is 17.6. The molecular formula is C24H28N4O3. The zero-order valence-electron chi connectivity index (χ0n) is 18.1. The Kier molecular flexibility index (Phi) is 7.32. The van der Waals surface area contributed by atoms with E-state index in [1.165, 1.54) is 5.56 Å². The van der Waals surface area contributed by atoms with E-state index >= 15 is 0 Å². The van der Waals surface area contributed by atoms with E-state index in [1.807, 2.05) is 42.5 Å². The number of nitrogens with two attached hydrogens (primary N) is 1. The van der Waals surface area contributed by atoms with Gasteiger partial charge in [0.15, 0.2) is 0 Å². The number of carbonyl (C=O) groups excluding carboxylic acids is 1. The highest BCUT2D eigenvalue weighted by atomic mass is 16.5. The second-order valence-corrected chi connectivity index (χ2v) is 7.14. The Morgan fingerprint density at radius 3 is 2.42 bits per heavy atom. The lowest BCUT2D eigenvalue weighted by Gasteiger charge is -2.15. The maximum absolute atomic E-state index is 11.5. The molecule has 0 saturated carbocycles. The summed E-state index contributed by atoms with van der Waals surface area (Å²) >= 11 is 0. The average molecular weight is 421 g/mol. The number of amides is 1. The molecule has 1 heterocycles. The van der Waals surface area contributed by atoms with E-state index in [4.69, 9.17) is 15.2 Å². The van der Waals surface area contributed by atoms with Crippen molar-refractivity contribution in [1.29, 1.82) is 0 Å². The zero-order valence-corrected chi connectivity index (χ0v) is 18.1. The van der Waals surface area contributed by atoms with Crippen molar-refractivity contribution in [3.8, 4) is 5.75 Å². The lowest BCUT2D eigenvalue weighted by molar-refractivity contribution is 0.168. The van der Waals surface area contributed by atoms with Crippen LogP contribution in [0.1, 0.15) is 29.2 Å². The van der Waals surface area contributed by atoms with E-state index in [9.17, 15) is 4.79 Å². The first-order valence-electron chi connectivity index (χ1n) is 10.2. The highest BCUT2D eigenvalue weighted by Crippen LogP contribution is 2.24. The summed E-state index contributed by atoms with van der Waals surface area (Å²) in [5, 5.41) is 5.86. The van der Waals surface area contributed by atoms with Crippen LogP contribution in [0.5, 0.6) is 5.75 Å². The fourth-order valence-electron chi connectivity index (χ4n) is 3.19. The topological polar surface area (TPSA) is 98.5 Å². The number of nitrogen functional groups attached to an aromatic ring is 1. The molecular weight excluding hydrogens is 392 g/mol. The molecule has 31 heavy (non-hydrogen) atoms. The Morgan fingerprint density at radius 1 is 1.06 bits per heavy atom. The van der Waals surface area contributed by atoms with Gasteiger partial charge in [0.2, 0.25) is 0 Å². The molecule has 0 bridgehead atoms. The maximum atomic E-state index is 11.5. The summed E-state index contributed by atoms with van der Waals surface area (Å²) in [6.45, 7) is 7.27.